The SMILES string of the molecule is CN(C(=O)C(C)(C)C)c1cnccc1-c1ccccc1Cl. The molecule has 0 aliphatic carbocycles. The third-order valence-electron chi connectivity index (χ3n) is 3.27. The van der Waals surface area contributed by atoms with E-state index in [-0.39, 0.29) is 5.91 Å². The Morgan fingerprint density at radius 2 is 1.81 bits per heavy atom. The maximum atomic E-state index is 12.5. The zero-order valence-electron chi connectivity index (χ0n) is 12.7. The lowest BCUT2D eigenvalue weighted by Crippen LogP contribution is -2.37. The van der Waals surface area contributed by atoms with E-state index < -0.39 is 5.41 Å². The van der Waals surface area contributed by atoms with Crippen molar-refractivity contribution in [2.24, 2.45) is 5.41 Å². The number of carbonyl (C=O) groups is 1. The predicted octanol–water partition coefficient (Wildman–Crippen LogP) is 4.41. The first-order chi connectivity index (χ1) is 9.82. The van der Waals surface area contributed by atoms with E-state index in [2.05, 4.69) is 4.98 Å². The Balaban J connectivity index is 2.53. The Morgan fingerprint density at radius 3 is 2.43 bits per heavy atom. The maximum absolute atomic E-state index is 12.5. The van der Waals surface area contributed by atoms with Crippen LogP contribution >= 0.6 is 11.6 Å². The summed E-state index contributed by atoms with van der Waals surface area (Å²) in [7, 11) is 1.77. The van der Waals surface area contributed by atoms with Crippen LogP contribution in [0.1, 0.15) is 20.8 Å². The first-order valence-corrected chi connectivity index (χ1v) is 7.17. The molecule has 3 nitrogen and oxygen atoms in total. The molecule has 1 aromatic carbocycles. The molecule has 0 saturated carbocycles. The van der Waals surface area contributed by atoms with Crippen LogP contribution < -0.4 is 4.90 Å². The molecule has 0 radical (unpaired) electrons. The van der Waals surface area contributed by atoms with E-state index in [1.165, 1.54) is 0 Å². The van der Waals surface area contributed by atoms with E-state index in [1.807, 2.05) is 51.1 Å². The zero-order chi connectivity index (χ0) is 15.6. The highest BCUT2D eigenvalue weighted by molar-refractivity contribution is 6.33. The van der Waals surface area contributed by atoms with E-state index in [0.29, 0.717) is 5.02 Å². The van der Waals surface area contributed by atoms with Crippen molar-refractivity contribution in [2.45, 2.75) is 20.8 Å². The van der Waals surface area contributed by atoms with Crippen LogP contribution in [0.4, 0.5) is 5.69 Å². The van der Waals surface area contributed by atoms with Gasteiger partial charge < -0.3 is 4.90 Å². The molecular formula is C17H19ClN2O. The number of hydrogen-bond acceptors (Lipinski definition) is 2. The van der Waals surface area contributed by atoms with Gasteiger partial charge in [0.1, 0.15) is 0 Å². The number of rotatable bonds is 2. The average molecular weight is 303 g/mol. The molecule has 0 fully saturated rings. The predicted molar refractivity (Wildman–Crippen MR) is 87.5 cm³/mol. The summed E-state index contributed by atoms with van der Waals surface area (Å²) in [5.41, 5.74) is 2.09. The van der Waals surface area contributed by atoms with Gasteiger partial charge in [-0.05, 0) is 12.1 Å². The lowest BCUT2D eigenvalue weighted by atomic mass is 9.94. The number of nitrogens with zero attached hydrogens (tertiary/aromatic N) is 2. The lowest BCUT2D eigenvalue weighted by Gasteiger charge is -2.27. The molecule has 0 spiro atoms. The fourth-order valence-corrected chi connectivity index (χ4v) is 2.41. The molecule has 110 valence electrons. The van der Waals surface area contributed by atoms with Crippen molar-refractivity contribution in [3.8, 4) is 11.1 Å². The van der Waals surface area contributed by atoms with E-state index in [1.54, 1.807) is 24.3 Å². The molecule has 0 atom stereocenters. The summed E-state index contributed by atoms with van der Waals surface area (Å²) < 4.78 is 0. The Labute approximate surface area is 130 Å². The summed E-state index contributed by atoms with van der Waals surface area (Å²) >= 11 is 6.28. The molecule has 0 aliphatic rings. The monoisotopic (exact) mass is 302 g/mol. The van der Waals surface area contributed by atoms with Crippen LogP contribution in [-0.2, 0) is 4.79 Å². The first kappa shape index (κ1) is 15.5. The first-order valence-electron chi connectivity index (χ1n) is 6.79. The summed E-state index contributed by atoms with van der Waals surface area (Å²) in [5.74, 6) is 0.0313. The molecule has 0 saturated heterocycles. The van der Waals surface area contributed by atoms with Gasteiger partial charge in [-0.1, -0.05) is 50.6 Å². The summed E-state index contributed by atoms with van der Waals surface area (Å²) in [5, 5.41) is 0.654. The van der Waals surface area contributed by atoms with Gasteiger partial charge in [-0.2, -0.15) is 0 Å². The van der Waals surface area contributed by atoms with Crippen molar-refractivity contribution >= 4 is 23.2 Å². The fourth-order valence-electron chi connectivity index (χ4n) is 2.17. The van der Waals surface area contributed by atoms with Gasteiger partial charge >= 0.3 is 0 Å². The second kappa shape index (κ2) is 5.86. The van der Waals surface area contributed by atoms with E-state index in [9.17, 15) is 4.79 Å². The van der Waals surface area contributed by atoms with Gasteiger partial charge in [-0.15, -0.1) is 0 Å². The number of halogens is 1. The van der Waals surface area contributed by atoms with Gasteiger partial charge in [0.05, 0.1) is 11.9 Å². The molecule has 0 bridgehead atoms. The third kappa shape index (κ3) is 3.24. The van der Waals surface area contributed by atoms with Gasteiger partial charge in [-0.25, -0.2) is 0 Å². The van der Waals surface area contributed by atoms with Crippen LogP contribution in [0.2, 0.25) is 5.02 Å². The third-order valence-corrected chi connectivity index (χ3v) is 3.60. The molecule has 1 heterocycles. The van der Waals surface area contributed by atoms with Crippen LogP contribution in [0, 0.1) is 5.41 Å². The summed E-state index contributed by atoms with van der Waals surface area (Å²) in [6, 6.07) is 9.47. The molecule has 1 aromatic heterocycles. The number of pyridine rings is 1. The molecule has 0 aliphatic heterocycles. The minimum Gasteiger partial charge on any atom is -0.313 e. The second-order valence-corrected chi connectivity index (χ2v) is 6.39. The molecule has 2 aromatic rings. The van der Waals surface area contributed by atoms with Crippen LogP contribution in [0.3, 0.4) is 0 Å². The normalized spacial score (nSPS) is 11.3. The van der Waals surface area contributed by atoms with Crippen LogP contribution in [-0.4, -0.2) is 17.9 Å². The van der Waals surface area contributed by atoms with Gasteiger partial charge in [0.2, 0.25) is 5.91 Å². The molecule has 0 N–H and O–H groups in total. The highest BCUT2D eigenvalue weighted by atomic mass is 35.5. The minimum absolute atomic E-state index is 0.0313. The van der Waals surface area contributed by atoms with Crippen LogP contribution in [0.5, 0.6) is 0 Å². The van der Waals surface area contributed by atoms with E-state index in [4.69, 9.17) is 11.6 Å². The fraction of sp³-hybridized carbons (Fsp3) is 0.294. The quantitative estimate of drug-likeness (QED) is 0.823. The number of carbonyl (C=O) groups excluding carboxylic acids is 1. The Hall–Kier alpha value is -1.87. The Kier molecular flexibility index (Phi) is 4.33. The van der Waals surface area contributed by atoms with Crippen molar-refractivity contribution < 1.29 is 4.79 Å². The summed E-state index contributed by atoms with van der Waals surface area (Å²) in [4.78, 5) is 18.3. The van der Waals surface area contributed by atoms with Crippen molar-refractivity contribution in [1.29, 1.82) is 0 Å². The highest BCUT2D eigenvalue weighted by Gasteiger charge is 2.27. The standard InChI is InChI=1S/C17H19ClN2O/c1-17(2,3)16(21)20(4)15-11-19-10-9-13(15)12-7-5-6-8-14(12)18/h5-11H,1-4H3. The Bertz CT molecular complexity index is 662. The van der Waals surface area contributed by atoms with Gasteiger partial charge in [0.15, 0.2) is 0 Å². The van der Waals surface area contributed by atoms with Crippen molar-refractivity contribution in [2.75, 3.05) is 11.9 Å². The molecule has 4 heteroatoms. The number of aromatic nitrogens is 1. The zero-order valence-corrected chi connectivity index (χ0v) is 13.5. The average Bonchev–Trinajstić information content (AvgIpc) is 2.45. The van der Waals surface area contributed by atoms with Gasteiger partial charge in [0.25, 0.3) is 0 Å². The maximum Gasteiger partial charge on any atom is 0.232 e. The topological polar surface area (TPSA) is 33.2 Å². The highest BCUT2D eigenvalue weighted by Crippen LogP contribution is 2.35. The number of anilines is 1. The van der Waals surface area contributed by atoms with E-state index >= 15 is 0 Å². The lowest BCUT2D eigenvalue weighted by molar-refractivity contribution is -0.125. The minimum atomic E-state index is -0.456. The van der Waals surface area contributed by atoms with Crippen molar-refractivity contribution in [3.63, 3.8) is 0 Å². The molecule has 21 heavy (non-hydrogen) atoms. The number of hydrogen-bond donors (Lipinski definition) is 0. The summed E-state index contributed by atoms with van der Waals surface area (Å²) in [6.07, 6.45) is 3.40. The molecule has 1 amide bonds. The number of amides is 1. The second-order valence-electron chi connectivity index (χ2n) is 5.99. The molecule has 0 unspecified atom stereocenters. The van der Waals surface area contributed by atoms with Crippen molar-refractivity contribution in [1.82, 2.24) is 4.98 Å². The van der Waals surface area contributed by atoms with Crippen LogP contribution in [0.15, 0.2) is 42.7 Å². The van der Waals surface area contributed by atoms with Crippen molar-refractivity contribution in [3.05, 3.63) is 47.7 Å². The van der Waals surface area contributed by atoms with Crippen LogP contribution in [0.25, 0.3) is 11.1 Å². The Morgan fingerprint density at radius 1 is 1.14 bits per heavy atom. The number of benzene rings is 1. The smallest absolute Gasteiger partial charge is 0.232 e. The molecule has 2 rings (SSSR count). The van der Waals surface area contributed by atoms with Gasteiger partial charge in [0, 0.05) is 34.8 Å². The van der Waals surface area contributed by atoms with E-state index in [0.717, 1.165) is 16.8 Å². The molecular weight excluding hydrogens is 284 g/mol. The summed E-state index contributed by atoms with van der Waals surface area (Å²) in [6.45, 7) is 5.70. The van der Waals surface area contributed by atoms with Gasteiger partial charge in [-0.3, -0.25) is 9.78 Å². The largest absolute Gasteiger partial charge is 0.313 e.